The number of unbranched alkanes of at least 4 members (excludes halogenated alkanes) is 2. The lowest BCUT2D eigenvalue weighted by molar-refractivity contribution is -0.116. The molecule has 0 unspecified atom stereocenters. The van der Waals surface area contributed by atoms with E-state index in [4.69, 9.17) is 9.52 Å². The van der Waals surface area contributed by atoms with Gasteiger partial charge in [0.1, 0.15) is 5.76 Å². The van der Waals surface area contributed by atoms with Crippen molar-refractivity contribution in [3.63, 3.8) is 0 Å². The molecule has 1 rings (SSSR count). The smallest absolute Gasteiger partial charge is 0.244 e. The van der Waals surface area contributed by atoms with E-state index < -0.39 is 0 Å². The topological polar surface area (TPSA) is 62.5 Å². The summed E-state index contributed by atoms with van der Waals surface area (Å²) in [5, 5.41) is 11.3. The molecule has 0 aliphatic heterocycles. The Labute approximate surface area is 95.0 Å². The van der Waals surface area contributed by atoms with E-state index in [2.05, 4.69) is 5.32 Å². The lowest BCUT2D eigenvalue weighted by Gasteiger charge is -2.00. The molecule has 0 fully saturated rings. The molecule has 0 atom stereocenters. The monoisotopic (exact) mass is 223 g/mol. The number of carbonyl (C=O) groups is 1. The van der Waals surface area contributed by atoms with Crippen LogP contribution in [0.25, 0.3) is 6.08 Å². The Morgan fingerprint density at radius 2 is 2.31 bits per heavy atom. The van der Waals surface area contributed by atoms with Crippen molar-refractivity contribution in [2.24, 2.45) is 0 Å². The number of rotatable bonds is 7. The fourth-order valence-corrected chi connectivity index (χ4v) is 1.23. The minimum atomic E-state index is -0.125. The van der Waals surface area contributed by atoms with Gasteiger partial charge in [-0.25, -0.2) is 0 Å². The summed E-state index contributed by atoms with van der Waals surface area (Å²) in [6.45, 7) is 0.855. The third kappa shape index (κ3) is 5.36. The summed E-state index contributed by atoms with van der Waals surface area (Å²) < 4.78 is 5.05. The highest BCUT2D eigenvalue weighted by Gasteiger charge is 1.95. The lowest BCUT2D eigenvalue weighted by Crippen LogP contribution is -2.21. The third-order valence-corrected chi connectivity index (χ3v) is 2.08. The van der Waals surface area contributed by atoms with Gasteiger partial charge in [0.15, 0.2) is 0 Å². The first-order valence-corrected chi connectivity index (χ1v) is 5.43. The van der Waals surface area contributed by atoms with Gasteiger partial charge in [-0.2, -0.15) is 0 Å². The van der Waals surface area contributed by atoms with Crippen LogP contribution in [-0.2, 0) is 4.79 Å². The van der Waals surface area contributed by atoms with Crippen molar-refractivity contribution >= 4 is 12.0 Å². The Kier molecular flexibility index (Phi) is 6.03. The predicted molar refractivity (Wildman–Crippen MR) is 61.7 cm³/mol. The number of hydrogen-bond acceptors (Lipinski definition) is 3. The maximum absolute atomic E-state index is 11.3. The Hall–Kier alpha value is -1.55. The molecule has 0 aliphatic carbocycles. The molecule has 0 aliphatic rings. The minimum absolute atomic E-state index is 0.125. The largest absolute Gasteiger partial charge is 0.465 e. The summed E-state index contributed by atoms with van der Waals surface area (Å²) in [6.07, 6.45) is 7.25. The molecule has 0 radical (unpaired) electrons. The standard InChI is InChI=1S/C12H17NO3/c14-9-3-1-2-8-13-12(15)7-6-11-5-4-10-16-11/h4-7,10,14H,1-3,8-9H2,(H,13,15)/b7-6+. The highest BCUT2D eigenvalue weighted by molar-refractivity contribution is 5.91. The number of furan rings is 1. The van der Waals surface area contributed by atoms with Crippen LogP contribution >= 0.6 is 0 Å². The van der Waals surface area contributed by atoms with Crippen molar-refractivity contribution < 1.29 is 14.3 Å². The van der Waals surface area contributed by atoms with Gasteiger partial charge in [0.2, 0.25) is 5.91 Å². The van der Waals surface area contributed by atoms with Crippen LogP contribution < -0.4 is 5.32 Å². The second-order valence-electron chi connectivity index (χ2n) is 3.42. The first kappa shape index (κ1) is 12.5. The van der Waals surface area contributed by atoms with Gasteiger partial charge in [0.05, 0.1) is 6.26 Å². The molecule has 0 saturated carbocycles. The molecule has 1 aromatic heterocycles. The summed E-state index contributed by atoms with van der Waals surface area (Å²) >= 11 is 0. The van der Waals surface area contributed by atoms with Crippen LogP contribution in [0.5, 0.6) is 0 Å². The molecule has 4 nitrogen and oxygen atoms in total. The highest BCUT2D eigenvalue weighted by atomic mass is 16.3. The molecule has 0 bridgehead atoms. The zero-order valence-electron chi connectivity index (χ0n) is 9.19. The molecule has 0 aromatic carbocycles. The van der Waals surface area contributed by atoms with Gasteiger partial charge in [-0.3, -0.25) is 4.79 Å². The SMILES string of the molecule is O=C(/C=C/c1ccco1)NCCCCCO. The summed E-state index contributed by atoms with van der Waals surface area (Å²) in [7, 11) is 0. The number of aliphatic hydroxyl groups is 1. The van der Waals surface area contributed by atoms with Crippen LogP contribution in [0.1, 0.15) is 25.0 Å². The van der Waals surface area contributed by atoms with E-state index in [1.54, 1.807) is 24.5 Å². The highest BCUT2D eigenvalue weighted by Crippen LogP contribution is 2.01. The molecule has 1 amide bonds. The quantitative estimate of drug-likeness (QED) is 0.545. The molecule has 16 heavy (non-hydrogen) atoms. The van der Waals surface area contributed by atoms with Crippen LogP contribution in [0.3, 0.4) is 0 Å². The first-order chi connectivity index (χ1) is 7.83. The molecule has 88 valence electrons. The van der Waals surface area contributed by atoms with Crippen LogP contribution in [0, 0.1) is 0 Å². The molecular weight excluding hydrogens is 206 g/mol. The Morgan fingerprint density at radius 1 is 1.44 bits per heavy atom. The maximum atomic E-state index is 11.3. The van der Waals surface area contributed by atoms with Crippen LogP contribution in [0.4, 0.5) is 0 Å². The van der Waals surface area contributed by atoms with Crippen molar-refractivity contribution in [2.75, 3.05) is 13.2 Å². The van der Waals surface area contributed by atoms with E-state index in [0.717, 1.165) is 19.3 Å². The summed E-state index contributed by atoms with van der Waals surface area (Å²) in [5.41, 5.74) is 0. The third-order valence-electron chi connectivity index (χ3n) is 2.08. The summed E-state index contributed by atoms with van der Waals surface area (Å²) in [4.78, 5) is 11.3. The Bertz CT molecular complexity index is 317. The van der Waals surface area contributed by atoms with Crippen molar-refractivity contribution in [1.82, 2.24) is 5.32 Å². The second-order valence-corrected chi connectivity index (χ2v) is 3.42. The average molecular weight is 223 g/mol. The number of nitrogens with one attached hydrogen (secondary N) is 1. The number of amides is 1. The predicted octanol–water partition coefficient (Wildman–Crippen LogP) is 1.57. The summed E-state index contributed by atoms with van der Waals surface area (Å²) in [6, 6.07) is 3.55. The average Bonchev–Trinajstić information content (AvgIpc) is 2.79. The van der Waals surface area contributed by atoms with Crippen molar-refractivity contribution in [2.45, 2.75) is 19.3 Å². The second kappa shape index (κ2) is 7.70. The molecule has 4 heteroatoms. The van der Waals surface area contributed by atoms with Crippen molar-refractivity contribution in [1.29, 1.82) is 0 Å². The Balaban J connectivity index is 2.11. The zero-order chi connectivity index (χ0) is 11.6. The van der Waals surface area contributed by atoms with Gasteiger partial charge >= 0.3 is 0 Å². The fraction of sp³-hybridized carbons (Fsp3) is 0.417. The zero-order valence-corrected chi connectivity index (χ0v) is 9.19. The molecule has 1 aromatic rings. The molecule has 0 saturated heterocycles. The molecular formula is C12H17NO3. The summed E-state index contributed by atoms with van der Waals surface area (Å²) in [5.74, 6) is 0.538. The normalized spacial score (nSPS) is 10.8. The van der Waals surface area contributed by atoms with Gasteiger partial charge in [-0.15, -0.1) is 0 Å². The van der Waals surface area contributed by atoms with Crippen molar-refractivity contribution in [3.05, 3.63) is 30.2 Å². The maximum Gasteiger partial charge on any atom is 0.244 e. The van der Waals surface area contributed by atoms with E-state index in [-0.39, 0.29) is 12.5 Å². The number of carbonyl (C=O) groups excluding carboxylic acids is 1. The van der Waals surface area contributed by atoms with Crippen LogP contribution in [-0.4, -0.2) is 24.2 Å². The van der Waals surface area contributed by atoms with E-state index >= 15 is 0 Å². The van der Waals surface area contributed by atoms with E-state index in [0.29, 0.717) is 12.3 Å². The van der Waals surface area contributed by atoms with E-state index in [1.807, 2.05) is 0 Å². The van der Waals surface area contributed by atoms with Crippen LogP contribution in [0.15, 0.2) is 28.9 Å². The number of aliphatic hydroxyl groups excluding tert-OH is 1. The minimum Gasteiger partial charge on any atom is -0.465 e. The molecule has 2 N–H and O–H groups in total. The van der Waals surface area contributed by atoms with Gasteiger partial charge < -0.3 is 14.8 Å². The van der Waals surface area contributed by atoms with Gasteiger partial charge in [0.25, 0.3) is 0 Å². The van der Waals surface area contributed by atoms with E-state index in [9.17, 15) is 4.79 Å². The van der Waals surface area contributed by atoms with Gasteiger partial charge in [0, 0.05) is 19.2 Å². The first-order valence-electron chi connectivity index (χ1n) is 5.43. The van der Waals surface area contributed by atoms with Crippen molar-refractivity contribution in [3.8, 4) is 0 Å². The van der Waals surface area contributed by atoms with Gasteiger partial charge in [-0.1, -0.05) is 0 Å². The lowest BCUT2D eigenvalue weighted by atomic mass is 10.2. The number of hydrogen-bond donors (Lipinski definition) is 2. The fourth-order valence-electron chi connectivity index (χ4n) is 1.23. The molecule has 1 heterocycles. The van der Waals surface area contributed by atoms with Gasteiger partial charge in [-0.05, 0) is 37.5 Å². The Morgan fingerprint density at radius 3 is 3.00 bits per heavy atom. The van der Waals surface area contributed by atoms with E-state index in [1.165, 1.54) is 6.08 Å². The molecule has 0 spiro atoms. The van der Waals surface area contributed by atoms with Crippen LogP contribution in [0.2, 0.25) is 0 Å².